The first-order valence-corrected chi connectivity index (χ1v) is 7.59. The Bertz CT molecular complexity index is 590. The summed E-state index contributed by atoms with van der Waals surface area (Å²) in [4.78, 5) is 4.17. The summed E-state index contributed by atoms with van der Waals surface area (Å²) in [5.74, 6) is 1.53. The molecule has 0 aliphatic heterocycles. The SMILES string of the molecule is CN=C(NCCOc1cccc(Cl)c1)NCCn1cccc1.I. The minimum Gasteiger partial charge on any atom is -0.492 e. The molecule has 0 fully saturated rings. The largest absolute Gasteiger partial charge is 0.492 e. The average molecular weight is 449 g/mol. The van der Waals surface area contributed by atoms with Crippen molar-refractivity contribution in [1.82, 2.24) is 15.2 Å². The molecule has 1 heterocycles. The maximum absolute atomic E-state index is 5.90. The zero-order valence-electron chi connectivity index (χ0n) is 13.0. The highest BCUT2D eigenvalue weighted by atomic mass is 127. The van der Waals surface area contributed by atoms with Crippen molar-refractivity contribution < 1.29 is 4.74 Å². The van der Waals surface area contributed by atoms with Crippen molar-refractivity contribution >= 4 is 41.5 Å². The lowest BCUT2D eigenvalue weighted by molar-refractivity contribution is 0.322. The van der Waals surface area contributed by atoms with Crippen LogP contribution in [0, 0.1) is 0 Å². The highest BCUT2D eigenvalue weighted by molar-refractivity contribution is 14.0. The van der Waals surface area contributed by atoms with Crippen LogP contribution in [0.3, 0.4) is 0 Å². The van der Waals surface area contributed by atoms with Crippen molar-refractivity contribution in [3.8, 4) is 5.75 Å². The first-order chi connectivity index (χ1) is 10.8. The standard InChI is InChI=1S/C16H21ClN4O.HI/c1-18-16(19-7-11-21-9-2-3-10-21)20-8-12-22-15-6-4-5-14(17)13-15;/h2-6,9-10,13H,7-8,11-12H2,1H3,(H2,18,19,20);1H. The first kappa shape index (κ1) is 19.6. The van der Waals surface area contributed by atoms with E-state index in [0.29, 0.717) is 18.2 Å². The molecule has 23 heavy (non-hydrogen) atoms. The monoisotopic (exact) mass is 448 g/mol. The Morgan fingerprint density at radius 3 is 2.61 bits per heavy atom. The Kier molecular flexibility index (Phi) is 9.54. The Morgan fingerprint density at radius 2 is 1.91 bits per heavy atom. The van der Waals surface area contributed by atoms with Crippen LogP contribution < -0.4 is 15.4 Å². The van der Waals surface area contributed by atoms with Crippen molar-refractivity contribution in [2.24, 2.45) is 4.99 Å². The number of guanidine groups is 1. The third kappa shape index (κ3) is 7.60. The summed E-state index contributed by atoms with van der Waals surface area (Å²) < 4.78 is 7.72. The normalized spacial score (nSPS) is 10.8. The van der Waals surface area contributed by atoms with Crippen LogP contribution in [0.15, 0.2) is 53.8 Å². The van der Waals surface area contributed by atoms with Gasteiger partial charge in [0.2, 0.25) is 0 Å². The van der Waals surface area contributed by atoms with Gasteiger partial charge >= 0.3 is 0 Å². The van der Waals surface area contributed by atoms with Gasteiger partial charge in [-0.1, -0.05) is 17.7 Å². The van der Waals surface area contributed by atoms with Crippen molar-refractivity contribution in [3.63, 3.8) is 0 Å². The second-order valence-electron chi connectivity index (χ2n) is 4.65. The smallest absolute Gasteiger partial charge is 0.191 e. The van der Waals surface area contributed by atoms with Gasteiger partial charge < -0.3 is 19.9 Å². The van der Waals surface area contributed by atoms with E-state index in [1.54, 1.807) is 13.1 Å². The van der Waals surface area contributed by atoms with Gasteiger partial charge in [0.05, 0.1) is 6.54 Å². The van der Waals surface area contributed by atoms with E-state index in [4.69, 9.17) is 16.3 Å². The molecule has 0 saturated carbocycles. The molecule has 126 valence electrons. The van der Waals surface area contributed by atoms with Gasteiger partial charge in [-0.05, 0) is 30.3 Å². The molecule has 1 aromatic heterocycles. The van der Waals surface area contributed by atoms with E-state index < -0.39 is 0 Å². The molecule has 0 unspecified atom stereocenters. The highest BCUT2D eigenvalue weighted by Crippen LogP contribution is 2.16. The van der Waals surface area contributed by atoms with Crippen molar-refractivity contribution in [3.05, 3.63) is 53.8 Å². The fraction of sp³-hybridized carbons (Fsp3) is 0.312. The molecule has 0 saturated heterocycles. The molecule has 7 heteroatoms. The van der Waals surface area contributed by atoms with E-state index in [9.17, 15) is 0 Å². The third-order valence-corrected chi connectivity index (χ3v) is 3.25. The zero-order valence-corrected chi connectivity index (χ0v) is 16.1. The number of halogens is 2. The summed E-state index contributed by atoms with van der Waals surface area (Å²) in [7, 11) is 1.75. The minimum atomic E-state index is 0. The second-order valence-corrected chi connectivity index (χ2v) is 5.09. The number of rotatable bonds is 7. The maximum Gasteiger partial charge on any atom is 0.191 e. The Morgan fingerprint density at radius 1 is 1.17 bits per heavy atom. The predicted molar refractivity (Wildman–Crippen MR) is 106 cm³/mol. The molecular weight excluding hydrogens is 427 g/mol. The Hall–Kier alpha value is -1.41. The van der Waals surface area contributed by atoms with Gasteiger partial charge in [0.15, 0.2) is 5.96 Å². The maximum atomic E-state index is 5.90. The van der Waals surface area contributed by atoms with Crippen molar-refractivity contribution in [2.45, 2.75) is 6.54 Å². The number of hydrogen-bond acceptors (Lipinski definition) is 2. The van der Waals surface area contributed by atoms with Crippen molar-refractivity contribution in [1.29, 1.82) is 0 Å². The number of aromatic nitrogens is 1. The molecule has 2 rings (SSSR count). The van der Waals surface area contributed by atoms with E-state index >= 15 is 0 Å². The fourth-order valence-corrected chi connectivity index (χ4v) is 2.12. The molecule has 0 bridgehead atoms. The molecule has 0 radical (unpaired) electrons. The van der Waals surface area contributed by atoms with Crippen LogP contribution in [0.2, 0.25) is 5.02 Å². The van der Waals surface area contributed by atoms with Crippen molar-refractivity contribution in [2.75, 3.05) is 26.7 Å². The Balaban J connectivity index is 0.00000264. The molecule has 5 nitrogen and oxygen atoms in total. The van der Waals surface area contributed by atoms with Gasteiger partial charge in [-0.15, -0.1) is 24.0 Å². The number of benzene rings is 1. The average Bonchev–Trinajstić information content (AvgIpc) is 3.03. The quantitative estimate of drug-likeness (QED) is 0.296. The molecule has 2 aromatic rings. The molecule has 0 spiro atoms. The molecular formula is C16H22ClIN4O. The van der Waals surface area contributed by atoms with E-state index in [2.05, 4.69) is 20.2 Å². The minimum absolute atomic E-state index is 0. The number of aliphatic imine (C=N–C) groups is 1. The lowest BCUT2D eigenvalue weighted by Gasteiger charge is -2.13. The predicted octanol–water partition coefficient (Wildman–Crippen LogP) is 3.00. The van der Waals surface area contributed by atoms with Crippen LogP contribution >= 0.6 is 35.6 Å². The molecule has 0 aliphatic carbocycles. The van der Waals surface area contributed by atoms with E-state index in [-0.39, 0.29) is 24.0 Å². The van der Waals surface area contributed by atoms with Crippen LogP contribution in [0.1, 0.15) is 0 Å². The lowest BCUT2D eigenvalue weighted by Crippen LogP contribution is -2.40. The van der Waals surface area contributed by atoms with Crippen LogP contribution in [-0.4, -0.2) is 37.3 Å². The molecule has 0 atom stereocenters. The fourth-order valence-electron chi connectivity index (χ4n) is 1.94. The number of ether oxygens (including phenoxy) is 1. The summed E-state index contributed by atoms with van der Waals surface area (Å²) in [5, 5.41) is 7.14. The van der Waals surface area contributed by atoms with Gasteiger partial charge in [-0.25, -0.2) is 0 Å². The third-order valence-electron chi connectivity index (χ3n) is 3.01. The summed E-state index contributed by atoms with van der Waals surface area (Å²) >= 11 is 5.90. The van der Waals surface area contributed by atoms with Gasteiger partial charge in [-0.2, -0.15) is 0 Å². The summed E-state index contributed by atoms with van der Waals surface area (Å²) in [6.45, 7) is 2.91. The second kappa shape index (κ2) is 11.2. The van der Waals surface area contributed by atoms with E-state index in [1.165, 1.54) is 0 Å². The number of hydrogen-bond donors (Lipinski definition) is 2. The molecule has 0 amide bonds. The van der Waals surface area contributed by atoms with Crippen LogP contribution in [0.5, 0.6) is 5.75 Å². The van der Waals surface area contributed by atoms with Crippen LogP contribution in [0.4, 0.5) is 0 Å². The molecule has 1 aromatic carbocycles. The summed E-state index contributed by atoms with van der Waals surface area (Å²) in [6, 6.07) is 11.4. The number of nitrogens with zero attached hydrogens (tertiary/aromatic N) is 2. The Labute approximate surface area is 159 Å². The zero-order chi connectivity index (χ0) is 15.6. The van der Waals surface area contributed by atoms with E-state index in [0.717, 1.165) is 24.8 Å². The van der Waals surface area contributed by atoms with Gasteiger partial charge in [0.25, 0.3) is 0 Å². The lowest BCUT2D eigenvalue weighted by atomic mass is 10.3. The van der Waals surface area contributed by atoms with Crippen LogP contribution in [0.25, 0.3) is 0 Å². The molecule has 2 N–H and O–H groups in total. The van der Waals surface area contributed by atoms with E-state index in [1.807, 2.05) is 42.7 Å². The topological polar surface area (TPSA) is 50.6 Å². The van der Waals surface area contributed by atoms with Gasteiger partial charge in [-0.3, -0.25) is 4.99 Å². The highest BCUT2D eigenvalue weighted by Gasteiger charge is 1.98. The first-order valence-electron chi connectivity index (χ1n) is 7.21. The van der Waals surface area contributed by atoms with Gasteiger partial charge in [0, 0.05) is 37.6 Å². The van der Waals surface area contributed by atoms with Crippen LogP contribution in [-0.2, 0) is 6.54 Å². The molecule has 0 aliphatic rings. The number of nitrogens with one attached hydrogen (secondary N) is 2. The summed E-state index contributed by atoms with van der Waals surface area (Å²) in [5.41, 5.74) is 0. The summed E-state index contributed by atoms with van der Waals surface area (Å²) in [6.07, 6.45) is 4.08. The van der Waals surface area contributed by atoms with Gasteiger partial charge in [0.1, 0.15) is 12.4 Å².